The molecule has 1 fully saturated rings. The summed E-state index contributed by atoms with van der Waals surface area (Å²) >= 11 is 6.20. The van der Waals surface area contributed by atoms with Crippen molar-refractivity contribution in [3.63, 3.8) is 0 Å². The fourth-order valence-corrected chi connectivity index (χ4v) is 3.45. The summed E-state index contributed by atoms with van der Waals surface area (Å²) in [6.07, 6.45) is 3.58. The number of nitrogens with zero attached hydrogens (tertiary/aromatic N) is 5. The van der Waals surface area contributed by atoms with Gasteiger partial charge in [0.1, 0.15) is 5.82 Å². The van der Waals surface area contributed by atoms with Crippen molar-refractivity contribution in [3.05, 3.63) is 65.9 Å². The van der Waals surface area contributed by atoms with Gasteiger partial charge in [-0.3, -0.25) is 9.69 Å². The highest BCUT2D eigenvalue weighted by atomic mass is 35.5. The molecule has 0 atom stereocenters. The molecule has 1 aliphatic heterocycles. The Morgan fingerprint density at radius 3 is 2.57 bits per heavy atom. The molecular formula is C20H21ClN6O. The van der Waals surface area contributed by atoms with Gasteiger partial charge in [-0.1, -0.05) is 29.8 Å². The van der Waals surface area contributed by atoms with E-state index in [1.54, 1.807) is 29.2 Å². The number of para-hydroxylation sites is 1. The first-order chi connectivity index (χ1) is 13.7. The van der Waals surface area contributed by atoms with E-state index < -0.39 is 0 Å². The van der Waals surface area contributed by atoms with Crippen LogP contribution in [0.5, 0.6) is 0 Å². The Labute approximate surface area is 168 Å². The van der Waals surface area contributed by atoms with Crippen LogP contribution in [0.3, 0.4) is 0 Å². The van der Waals surface area contributed by atoms with E-state index in [-0.39, 0.29) is 5.91 Å². The number of rotatable bonds is 5. The number of aromatic nitrogens is 3. The molecule has 4 rings (SSSR count). The minimum Gasteiger partial charge on any atom is -0.354 e. The highest BCUT2D eigenvalue weighted by Crippen LogP contribution is 2.20. The maximum absolute atomic E-state index is 12.4. The fraction of sp³-hybridized carbons (Fsp3) is 0.250. The Morgan fingerprint density at radius 2 is 1.82 bits per heavy atom. The highest BCUT2D eigenvalue weighted by molar-refractivity contribution is 6.32. The van der Waals surface area contributed by atoms with Crippen molar-refractivity contribution in [1.82, 2.24) is 19.7 Å². The number of nitrogens with one attached hydrogen (secondary N) is 1. The van der Waals surface area contributed by atoms with Gasteiger partial charge >= 0.3 is 0 Å². The Balaban J connectivity index is 1.29. The van der Waals surface area contributed by atoms with Gasteiger partial charge in [0.2, 0.25) is 5.91 Å². The minimum atomic E-state index is -0.0734. The van der Waals surface area contributed by atoms with Crippen LogP contribution in [-0.2, 0) is 4.79 Å². The third kappa shape index (κ3) is 4.32. The monoisotopic (exact) mass is 396 g/mol. The lowest BCUT2D eigenvalue weighted by molar-refractivity contribution is -0.117. The summed E-state index contributed by atoms with van der Waals surface area (Å²) in [5, 5.41) is 7.86. The molecule has 7 nitrogen and oxygen atoms in total. The zero-order chi connectivity index (χ0) is 19.3. The van der Waals surface area contributed by atoms with Gasteiger partial charge in [-0.05, 0) is 24.3 Å². The van der Waals surface area contributed by atoms with Crippen molar-refractivity contribution in [3.8, 4) is 5.69 Å². The second-order valence-corrected chi connectivity index (χ2v) is 7.00. The van der Waals surface area contributed by atoms with Crippen molar-refractivity contribution >= 4 is 29.1 Å². The van der Waals surface area contributed by atoms with Crippen LogP contribution in [0, 0.1) is 0 Å². The van der Waals surface area contributed by atoms with Gasteiger partial charge in [0.15, 0.2) is 5.82 Å². The largest absolute Gasteiger partial charge is 0.354 e. The molecule has 0 spiro atoms. The fourth-order valence-electron chi connectivity index (χ4n) is 3.22. The normalized spacial score (nSPS) is 14.8. The average Bonchev–Trinajstić information content (AvgIpc) is 3.17. The molecule has 1 aromatic carbocycles. The Bertz CT molecular complexity index is 937. The van der Waals surface area contributed by atoms with Crippen molar-refractivity contribution in [2.45, 2.75) is 0 Å². The van der Waals surface area contributed by atoms with Crippen LogP contribution in [0.1, 0.15) is 0 Å². The molecule has 1 N–H and O–H groups in total. The zero-order valence-corrected chi connectivity index (χ0v) is 16.1. The standard InChI is InChI=1S/C20H21ClN6O/c21-16-5-1-2-6-17(16)27-10-8-18(24-27)23-20(28)15-25-11-13-26(14-12-25)19-7-3-4-9-22-19/h1-10H,11-15H2,(H,23,24,28). The molecule has 3 aromatic rings. The van der Waals surface area contributed by atoms with E-state index in [4.69, 9.17) is 11.6 Å². The van der Waals surface area contributed by atoms with E-state index in [0.717, 1.165) is 37.7 Å². The van der Waals surface area contributed by atoms with Crippen LogP contribution < -0.4 is 10.2 Å². The molecular weight excluding hydrogens is 376 g/mol. The van der Waals surface area contributed by atoms with Gasteiger partial charge in [0, 0.05) is 44.6 Å². The third-order valence-corrected chi connectivity index (χ3v) is 4.99. The van der Waals surface area contributed by atoms with E-state index in [1.165, 1.54) is 0 Å². The Kier molecular flexibility index (Phi) is 5.55. The predicted octanol–water partition coefficient (Wildman–Crippen LogP) is 2.68. The van der Waals surface area contributed by atoms with Crippen LogP contribution in [0.2, 0.25) is 5.02 Å². The smallest absolute Gasteiger partial charge is 0.239 e. The van der Waals surface area contributed by atoms with Crippen molar-refractivity contribution in [2.75, 3.05) is 42.9 Å². The number of pyridine rings is 1. The van der Waals surface area contributed by atoms with Crippen LogP contribution in [0.15, 0.2) is 60.9 Å². The molecule has 0 unspecified atom stereocenters. The molecule has 0 bridgehead atoms. The molecule has 8 heteroatoms. The van der Waals surface area contributed by atoms with Crippen molar-refractivity contribution < 1.29 is 4.79 Å². The van der Waals surface area contributed by atoms with Crippen molar-refractivity contribution in [2.24, 2.45) is 0 Å². The van der Waals surface area contributed by atoms with Crippen LogP contribution in [0.25, 0.3) is 5.69 Å². The van der Waals surface area contributed by atoms with Gasteiger partial charge in [0.25, 0.3) is 0 Å². The SMILES string of the molecule is O=C(CN1CCN(c2ccccn2)CC1)Nc1ccn(-c2ccccc2Cl)n1. The summed E-state index contributed by atoms with van der Waals surface area (Å²) in [5.41, 5.74) is 0.773. The summed E-state index contributed by atoms with van der Waals surface area (Å²) in [5.74, 6) is 1.42. The molecule has 0 aliphatic carbocycles. The highest BCUT2D eigenvalue weighted by Gasteiger charge is 2.20. The van der Waals surface area contributed by atoms with Gasteiger partial charge in [-0.2, -0.15) is 5.10 Å². The lowest BCUT2D eigenvalue weighted by Crippen LogP contribution is -2.48. The molecule has 28 heavy (non-hydrogen) atoms. The lowest BCUT2D eigenvalue weighted by Gasteiger charge is -2.34. The Morgan fingerprint density at radius 1 is 1.04 bits per heavy atom. The van der Waals surface area contributed by atoms with Crippen LogP contribution in [0.4, 0.5) is 11.6 Å². The van der Waals surface area contributed by atoms with E-state index >= 15 is 0 Å². The number of carbonyl (C=O) groups is 1. The number of hydrogen-bond donors (Lipinski definition) is 1. The molecule has 3 heterocycles. The first-order valence-electron chi connectivity index (χ1n) is 9.18. The summed E-state index contributed by atoms with van der Waals surface area (Å²) in [6, 6.07) is 15.1. The second kappa shape index (κ2) is 8.41. The van der Waals surface area contributed by atoms with Gasteiger partial charge < -0.3 is 10.2 Å². The number of hydrogen-bond acceptors (Lipinski definition) is 5. The lowest BCUT2D eigenvalue weighted by atomic mass is 10.3. The Hall–Kier alpha value is -2.90. The topological polar surface area (TPSA) is 66.3 Å². The first kappa shape index (κ1) is 18.5. The number of carbonyl (C=O) groups excluding carboxylic acids is 1. The molecule has 1 saturated heterocycles. The summed E-state index contributed by atoms with van der Waals surface area (Å²) in [7, 11) is 0. The molecule has 0 radical (unpaired) electrons. The number of halogens is 1. The molecule has 0 saturated carbocycles. The van der Waals surface area contributed by atoms with Gasteiger partial charge in [-0.15, -0.1) is 0 Å². The maximum atomic E-state index is 12.4. The third-order valence-electron chi connectivity index (χ3n) is 4.67. The number of anilines is 2. The molecule has 1 aliphatic rings. The van der Waals surface area contributed by atoms with Gasteiger partial charge in [-0.25, -0.2) is 9.67 Å². The molecule has 144 valence electrons. The maximum Gasteiger partial charge on any atom is 0.239 e. The van der Waals surface area contributed by atoms with E-state index in [0.29, 0.717) is 17.4 Å². The van der Waals surface area contributed by atoms with E-state index in [9.17, 15) is 4.79 Å². The molecule has 2 aromatic heterocycles. The average molecular weight is 397 g/mol. The van der Waals surface area contributed by atoms with E-state index in [1.807, 2.05) is 36.4 Å². The minimum absolute atomic E-state index is 0.0734. The predicted molar refractivity (Wildman–Crippen MR) is 110 cm³/mol. The number of piperazine rings is 1. The summed E-state index contributed by atoms with van der Waals surface area (Å²) in [4.78, 5) is 21.2. The zero-order valence-electron chi connectivity index (χ0n) is 15.3. The van der Waals surface area contributed by atoms with Gasteiger partial charge in [0.05, 0.1) is 17.3 Å². The van der Waals surface area contributed by atoms with Crippen LogP contribution >= 0.6 is 11.6 Å². The quantitative estimate of drug-likeness (QED) is 0.718. The molecule has 1 amide bonds. The van der Waals surface area contributed by atoms with Crippen molar-refractivity contribution in [1.29, 1.82) is 0 Å². The summed E-state index contributed by atoms with van der Waals surface area (Å²) in [6.45, 7) is 3.68. The van der Waals surface area contributed by atoms with E-state index in [2.05, 4.69) is 25.2 Å². The summed E-state index contributed by atoms with van der Waals surface area (Å²) < 4.78 is 1.66. The number of amides is 1. The van der Waals surface area contributed by atoms with Crippen LogP contribution in [-0.4, -0.2) is 58.3 Å². The first-order valence-corrected chi connectivity index (χ1v) is 9.55. The number of benzene rings is 1. The second-order valence-electron chi connectivity index (χ2n) is 6.60.